The summed E-state index contributed by atoms with van der Waals surface area (Å²) in [6, 6.07) is 23.6. The number of rotatable bonds is 14. The van der Waals surface area contributed by atoms with Crippen molar-refractivity contribution in [2.45, 2.75) is 45.2 Å². The number of nitrogens with one attached hydrogen (secondary N) is 1. The number of hydrogen-bond acceptors (Lipinski definition) is 5. The molecule has 0 saturated carbocycles. The van der Waals surface area contributed by atoms with E-state index in [4.69, 9.17) is 4.74 Å². The number of aryl methyl sites for hydroxylation is 1. The molecular weight excluding hydrogens is 526 g/mol. The first-order valence-corrected chi connectivity index (χ1v) is 15.3. The molecule has 0 aliphatic heterocycles. The predicted molar refractivity (Wildman–Crippen MR) is 159 cm³/mol. The number of carbonyl (C=O) groups is 2. The summed E-state index contributed by atoms with van der Waals surface area (Å²) in [7, 11) is -0.421. The van der Waals surface area contributed by atoms with Crippen LogP contribution in [0.25, 0.3) is 0 Å². The molecule has 0 unspecified atom stereocenters. The molecule has 0 heterocycles. The van der Waals surface area contributed by atoms with E-state index in [1.54, 1.807) is 31.2 Å². The second-order valence-electron chi connectivity index (χ2n) is 9.65. The fourth-order valence-corrected chi connectivity index (χ4v) is 5.56. The summed E-state index contributed by atoms with van der Waals surface area (Å²) in [5.74, 6) is 0.151. The normalized spacial score (nSPS) is 11.9. The molecule has 9 heteroatoms. The van der Waals surface area contributed by atoms with E-state index in [1.165, 1.54) is 10.6 Å². The minimum absolute atomic E-state index is 0.0747. The number of anilines is 1. The molecule has 0 aromatic heterocycles. The van der Waals surface area contributed by atoms with Crippen molar-refractivity contribution in [3.63, 3.8) is 0 Å². The summed E-state index contributed by atoms with van der Waals surface area (Å²) < 4.78 is 31.9. The van der Waals surface area contributed by atoms with Gasteiger partial charge in [-0.15, -0.1) is 0 Å². The second-order valence-corrected chi connectivity index (χ2v) is 11.6. The maximum atomic E-state index is 13.8. The Balaban J connectivity index is 1.85. The van der Waals surface area contributed by atoms with Crippen molar-refractivity contribution in [3.8, 4) is 5.75 Å². The number of carbonyl (C=O) groups excluding carboxylic acids is 2. The van der Waals surface area contributed by atoms with Crippen LogP contribution in [0.3, 0.4) is 0 Å². The lowest BCUT2D eigenvalue weighted by molar-refractivity contribution is -0.141. The van der Waals surface area contributed by atoms with Gasteiger partial charge in [0, 0.05) is 33.0 Å². The van der Waals surface area contributed by atoms with Crippen LogP contribution in [0.5, 0.6) is 5.75 Å². The van der Waals surface area contributed by atoms with Crippen molar-refractivity contribution in [1.82, 2.24) is 10.2 Å². The third kappa shape index (κ3) is 8.58. The van der Waals surface area contributed by atoms with Gasteiger partial charge in [0.15, 0.2) is 0 Å². The Morgan fingerprint density at radius 2 is 1.60 bits per heavy atom. The van der Waals surface area contributed by atoms with Crippen LogP contribution in [0, 0.1) is 0 Å². The van der Waals surface area contributed by atoms with Gasteiger partial charge >= 0.3 is 0 Å². The molecule has 3 rings (SSSR count). The average molecular weight is 566 g/mol. The fraction of sp³-hybridized carbons (Fsp3) is 0.355. The van der Waals surface area contributed by atoms with Gasteiger partial charge in [0.1, 0.15) is 11.8 Å². The van der Waals surface area contributed by atoms with E-state index >= 15 is 0 Å². The third-order valence-electron chi connectivity index (χ3n) is 6.79. The van der Waals surface area contributed by atoms with Crippen molar-refractivity contribution in [3.05, 3.63) is 95.6 Å². The van der Waals surface area contributed by atoms with Gasteiger partial charge in [-0.05, 0) is 53.8 Å². The number of amides is 2. The molecule has 0 spiro atoms. The van der Waals surface area contributed by atoms with Crippen LogP contribution < -0.4 is 14.4 Å². The van der Waals surface area contributed by atoms with E-state index in [0.29, 0.717) is 24.3 Å². The van der Waals surface area contributed by atoms with E-state index in [1.807, 2.05) is 73.7 Å². The number of methoxy groups -OCH3 is 1. The van der Waals surface area contributed by atoms with E-state index in [0.717, 1.165) is 23.1 Å². The first-order chi connectivity index (χ1) is 19.2. The van der Waals surface area contributed by atoms with Gasteiger partial charge in [-0.3, -0.25) is 13.9 Å². The molecular formula is C31H39N3O5S. The van der Waals surface area contributed by atoms with Gasteiger partial charge in [0.05, 0.1) is 19.1 Å². The molecule has 0 aliphatic rings. The monoisotopic (exact) mass is 565 g/mol. The van der Waals surface area contributed by atoms with Gasteiger partial charge in [0.2, 0.25) is 21.8 Å². The molecule has 8 nitrogen and oxygen atoms in total. The Morgan fingerprint density at radius 3 is 2.20 bits per heavy atom. The highest BCUT2D eigenvalue weighted by atomic mass is 32.2. The lowest BCUT2D eigenvalue weighted by Crippen LogP contribution is -2.49. The summed E-state index contributed by atoms with van der Waals surface area (Å²) in [5.41, 5.74) is 3.42. The molecule has 2 amide bonds. The van der Waals surface area contributed by atoms with Crippen molar-refractivity contribution >= 4 is 27.5 Å². The minimum atomic E-state index is -3.56. The largest absolute Gasteiger partial charge is 0.497 e. The molecule has 0 saturated heterocycles. The summed E-state index contributed by atoms with van der Waals surface area (Å²) in [6.45, 7) is 2.39. The second kappa shape index (κ2) is 14.5. The highest BCUT2D eigenvalue weighted by Crippen LogP contribution is 2.22. The summed E-state index contributed by atoms with van der Waals surface area (Å²) >= 11 is 0. The molecule has 40 heavy (non-hydrogen) atoms. The van der Waals surface area contributed by atoms with Crippen LogP contribution in [0.2, 0.25) is 0 Å². The molecule has 3 aromatic carbocycles. The molecule has 3 aromatic rings. The van der Waals surface area contributed by atoms with Gasteiger partial charge in [-0.2, -0.15) is 0 Å². The SMILES string of the molecule is CCc1ccc(N(CCCC(=O)N(Cc2cccc(OC)c2)[C@@H](Cc2ccccc2)C(=O)NC)S(C)(=O)=O)cc1. The third-order valence-corrected chi connectivity index (χ3v) is 7.98. The molecule has 1 N–H and O–H groups in total. The standard InChI is InChI=1S/C31H39N3O5S/c1-5-24-16-18-27(19-17-24)34(40(4,37)38)20-10-15-30(35)33(23-26-13-9-14-28(21-26)39-3)29(31(36)32-2)22-25-11-7-6-8-12-25/h6-9,11-14,16-19,21,29H,5,10,15,20,22-23H2,1-4H3,(H,32,36)/t29-/m0/s1. The summed E-state index contributed by atoms with van der Waals surface area (Å²) in [4.78, 5) is 28.4. The van der Waals surface area contributed by atoms with Crippen molar-refractivity contribution in [2.75, 3.05) is 31.3 Å². The minimum Gasteiger partial charge on any atom is -0.497 e. The van der Waals surface area contributed by atoms with Crippen LogP contribution in [-0.4, -0.2) is 58.1 Å². The van der Waals surface area contributed by atoms with Crippen molar-refractivity contribution in [2.24, 2.45) is 0 Å². The Morgan fingerprint density at radius 1 is 0.925 bits per heavy atom. The zero-order chi connectivity index (χ0) is 29.1. The van der Waals surface area contributed by atoms with Crippen LogP contribution >= 0.6 is 0 Å². The van der Waals surface area contributed by atoms with Gasteiger partial charge < -0.3 is 15.0 Å². The number of ether oxygens (including phenoxy) is 1. The Hall–Kier alpha value is -3.85. The quantitative estimate of drug-likeness (QED) is 0.316. The molecule has 1 atom stereocenters. The zero-order valence-corrected chi connectivity index (χ0v) is 24.5. The lowest BCUT2D eigenvalue weighted by Gasteiger charge is -2.31. The maximum Gasteiger partial charge on any atom is 0.242 e. The predicted octanol–water partition coefficient (Wildman–Crippen LogP) is 4.19. The number of nitrogens with zero attached hydrogens (tertiary/aromatic N) is 2. The van der Waals surface area contributed by atoms with Gasteiger partial charge in [0.25, 0.3) is 0 Å². The highest BCUT2D eigenvalue weighted by Gasteiger charge is 2.30. The molecule has 214 valence electrons. The van der Waals surface area contributed by atoms with Gasteiger partial charge in [-0.1, -0.05) is 61.5 Å². The molecule has 0 radical (unpaired) electrons. The zero-order valence-electron chi connectivity index (χ0n) is 23.7. The van der Waals surface area contributed by atoms with Crippen LogP contribution in [0.15, 0.2) is 78.9 Å². The topological polar surface area (TPSA) is 96.0 Å². The fourth-order valence-electron chi connectivity index (χ4n) is 4.59. The first kappa shape index (κ1) is 30.7. The maximum absolute atomic E-state index is 13.8. The van der Waals surface area contributed by atoms with E-state index in [2.05, 4.69) is 5.32 Å². The van der Waals surface area contributed by atoms with E-state index < -0.39 is 16.1 Å². The molecule has 0 bridgehead atoms. The average Bonchev–Trinajstić information content (AvgIpc) is 2.96. The van der Waals surface area contributed by atoms with Crippen LogP contribution in [0.1, 0.15) is 36.5 Å². The van der Waals surface area contributed by atoms with E-state index in [9.17, 15) is 18.0 Å². The van der Waals surface area contributed by atoms with Crippen LogP contribution in [0.4, 0.5) is 5.69 Å². The molecule has 0 fully saturated rings. The summed E-state index contributed by atoms with van der Waals surface area (Å²) in [6.07, 6.45) is 2.73. The smallest absolute Gasteiger partial charge is 0.242 e. The lowest BCUT2D eigenvalue weighted by atomic mass is 10.0. The Bertz CT molecular complexity index is 1360. The Kier molecular flexibility index (Phi) is 11.1. The summed E-state index contributed by atoms with van der Waals surface area (Å²) in [5, 5.41) is 2.71. The molecule has 0 aliphatic carbocycles. The van der Waals surface area contributed by atoms with Crippen molar-refractivity contribution < 1.29 is 22.7 Å². The Labute approximate surface area is 238 Å². The highest BCUT2D eigenvalue weighted by molar-refractivity contribution is 7.92. The van der Waals surface area contributed by atoms with Gasteiger partial charge in [-0.25, -0.2) is 8.42 Å². The first-order valence-electron chi connectivity index (χ1n) is 13.4. The number of hydrogen-bond donors (Lipinski definition) is 1. The number of benzene rings is 3. The van der Waals surface area contributed by atoms with E-state index in [-0.39, 0.29) is 31.3 Å². The van der Waals surface area contributed by atoms with Crippen LogP contribution in [-0.2, 0) is 39.0 Å². The van der Waals surface area contributed by atoms with Crippen molar-refractivity contribution in [1.29, 1.82) is 0 Å². The number of sulfonamides is 1. The number of likely N-dealkylation sites (N-methyl/N-ethyl adjacent to an activating group) is 1.